The first-order valence-corrected chi connectivity index (χ1v) is 12.2. The van der Waals surface area contributed by atoms with Crippen molar-refractivity contribution in [3.05, 3.63) is 59.6 Å². The van der Waals surface area contributed by atoms with E-state index in [-0.39, 0.29) is 11.7 Å². The summed E-state index contributed by atoms with van der Waals surface area (Å²) in [6.07, 6.45) is 2.74. The van der Waals surface area contributed by atoms with Gasteiger partial charge in [0.1, 0.15) is 18.0 Å². The number of anilines is 1. The molecule has 33 heavy (non-hydrogen) atoms. The summed E-state index contributed by atoms with van der Waals surface area (Å²) in [5.74, 6) is 0.823. The summed E-state index contributed by atoms with van der Waals surface area (Å²) < 4.78 is 5.84. The van der Waals surface area contributed by atoms with Crippen molar-refractivity contribution in [2.75, 3.05) is 50.8 Å². The van der Waals surface area contributed by atoms with Gasteiger partial charge in [-0.15, -0.1) is 0 Å². The Morgan fingerprint density at radius 3 is 2.55 bits per heavy atom. The molecular weight excluding hydrogens is 438 g/mol. The minimum Gasteiger partial charge on any atom is -0.492 e. The first kappa shape index (κ1) is 23.7. The van der Waals surface area contributed by atoms with E-state index in [9.17, 15) is 4.79 Å². The predicted octanol–water partition coefficient (Wildman–Crippen LogP) is 3.96. The molecule has 1 atom stereocenters. The van der Waals surface area contributed by atoms with Gasteiger partial charge in [-0.1, -0.05) is 42.8 Å². The molecular formula is C25H34ClN5O2. The second-order valence-corrected chi connectivity index (χ2v) is 9.10. The van der Waals surface area contributed by atoms with Gasteiger partial charge in [-0.3, -0.25) is 10.3 Å². The maximum absolute atomic E-state index is 12.5. The van der Waals surface area contributed by atoms with E-state index in [4.69, 9.17) is 16.3 Å². The zero-order valence-corrected chi connectivity index (χ0v) is 20.1. The maximum Gasteiger partial charge on any atom is 0.333 e. The fraction of sp³-hybridized carbons (Fsp3) is 0.480. The summed E-state index contributed by atoms with van der Waals surface area (Å²) in [5, 5.41) is 0.783. The molecule has 0 aliphatic carbocycles. The fourth-order valence-electron chi connectivity index (χ4n) is 4.74. The molecule has 178 valence electrons. The van der Waals surface area contributed by atoms with Gasteiger partial charge in [0.15, 0.2) is 0 Å². The molecule has 2 aromatic rings. The molecule has 2 aromatic carbocycles. The number of hydrogen-bond donors (Lipinski definition) is 2. The number of para-hydroxylation sites is 1. The zero-order chi connectivity index (χ0) is 23.1. The van der Waals surface area contributed by atoms with E-state index in [1.165, 1.54) is 5.69 Å². The Bertz CT molecular complexity index is 907. The maximum atomic E-state index is 12.5. The van der Waals surface area contributed by atoms with E-state index in [0.29, 0.717) is 13.2 Å². The highest BCUT2D eigenvalue weighted by Gasteiger charge is 2.43. The number of nitrogens with zero attached hydrogens (tertiary/aromatic N) is 3. The van der Waals surface area contributed by atoms with Crippen LogP contribution in [0.15, 0.2) is 54.6 Å². The molecule has 2 amide bonds. The van der Waals surface area contributed by atoms with Crippen LogP contribution in [0.1, 0.15) is 26.2 Å². The average molecular weight is 472 g/mol. The van der Waals surface area contributed by atoms with Crippen LogP contribution in [0.4, 0.5) is 10.5 Å². The highest BCUT2D eigenvalue weighted by atomic mass is 35.5. The Balaban J connectivity index is 1.24. The Morgan fingerprint density at radius 1 is 1.03 bits per heavy atom. The van der Waals surface area contributed by atoms with Crippen molar-refractivity contribution in [1.82, 2.24) is 20.7 Å². The van der Waals surface area contributed by atoms with Crippen molar-refractivity contribution in [2.24, 2.45) is 0 Å². The molecule has 2 aliphatic heterocycles. The number of urea groups is 1. The van der Waals surface area contributed by atoms with Crippen LogP contribution in [0.2, 0.25) is 5.02 Å². The Kier molecular flexibility index (Phi) is 7.96. The Labute approximate surface area is 201 Å². The van der Waals surface area contributed by atoms with Crippen molar-refractivity contribution in [3.8, 4) is 5.75 Å². The molecule has 2 heterocycles. The molecule has 8 heteroatoms. The smallest absolute Gasteiger partial charge is 0.333 e. The fourth-order valence-corrected chi connectivity index (χ4v) is 4.92. The number of amides is 2. The largest absolute Gasteiger partial charge is 0.492 e. The molecule has 0 aromatic heterocycles. The number of halogens is 1. The van der Waals surface area contributed by atoms with E-state index in [2.05, 4.69) is 33.6 Å². The molecule has 2 saturated heterocycles. The van der Waals surface area contributed by atoms with Gasteiger partial charge < -0.3 is 14.5 Å². The number of carbonyl (C=O) groups is 1. The molecule has 0 spiro atoms. The number of nitrogens with one attached hydrogen (secondary N) is 2. The summed E-state index contributed by atoms with van der Waals surface area (Å²) in [5.41, 5.74) is 6.92. The zero-order valence-electron chi connectivity index (χ0n) is 19.3. The first-order valence-electron chi connectivity index (χ1n) is 11.9. The Hall–Kier alpha value is -2.48. The predicted molar refractivity (Wildman–Crippen MR) is 133 cm³/mol. The molecule has 2 aliphatic rings. The van der Waals surface area contributed by atoms with E-state index >= 15 is 0 Å². The minimum absolute atomic E-state index is 0.0800. The second-order valence-electron chi connectivity index (χ2n) is 8.67. The highest BCUT2D eigenvalue weighted by molar-refractivity contribution is 6.30. The number of carbonyl (C=O) groups excluding carboxylic acids is 1. The minimum atomic E-state index is -0.375. The van der Waals surface area contributed by atoms with Gasteiger partial charge in [0.25, 0.3) is 0 Å². The molecule has 2 N–H and O–H groups in total. The van der Waals surface area contributed by atoms with Crippen LogP contribution in [0.25, 0.3) is 0 Å². The van der Waals surface area contributed by atoms with Gasteiger partial charge >= 0.3 is 6.03 Å². The molecule has 0 radical (unpaired) electrons. The van der Waals surface area contributed by atoms with Crippen molar-refractivity contribution in [1.29, 1.82) is 0 Å². The van der Waals surface area contributed by atoms with Crippen molar-refractivity contribution < 1.29 is 9.53 Å². The van der Waals surface area contributed by atoms with E-state index in [1.54, 1.807) is 0 Å². The van der Waals surface area contributed by atoms with Gasteiger partial charge in [0.2, 0.25) is 0 Å². The summed E-state index contributed by atoms with van der Waals surface area (Å²) >= 11 is 6.15. The lowest BCUT2D eigenvalue weighted by Gasteiger charge is -2.38. The first-order chi connectivity index (χ1) is 16.1. The molecule has 0 saturated carbocycles. The molecule has 2 fully saturated rings. The van der Waals surface area contributed by atoms with Crippen LogP contribution in [-0.2, 0) is 0 Å². The molecule has 0 bridgehead atoms. The third-order valence-corrected chi connectivity index (χ3v) is 6.92. The van der Waals surface area contributed by atoms with Gasteiger partial charge in [-0.05, 0) is 56.1 Å². The Morgan fingerprint density at radius 2 is 1.82 bits per heavy atom. The van der Waals surface area contributed by atoms with Gasteiger partial charge in [-0.25, -0.2) is 10.2 Å². The third kappa shape index (κ3) is 5.91. The van der Waals surface area contributed by atoms with Crippen LogP contribution in [0, 0.1) is 0 Å². The number of benzene rings is 2. The van der Waals surface area contributed by atoms with Gasteiger partial charge in [0, 0.05) is 36.9 Å². The number of ether oxygens (including phenoxy) is 1. The van der Waals surface area contributed by atoms with E-state index in [0.717, 1.165) is 62.8 Å². The monoisotopic (exact) mass is 471 g/mol. The lowest BCUT2D eigenvalue weighted by atomic mass is 9.99. The topological polar surface area (TPSA) is 60.1 Å². The van der Waals surface area contributed by atoms with Crippen LogP contribution in [-0.4, -0.2) is 67.4 Å². The quantitative estimate of drug-likeness (QED) is 0.549. The summed E-state index contributed by atoms with van der Waals surface area (Å²) in [7, 11) is 0. The molecule has 1 unspecified atom stereocenters. The number of hydrogen-bond acceptors (Lipinski definition) is 5. The molecule has 7 nitrogen and oxygen atoms in total. The molecule has 4 rings (SSSR count). The summed E-state index contributed by atoms with van der Waals surface area (Å²) in [6, 6.07) is 17.7. The van der Waals surface area contributed by atoms with Crippen LogP contribution in [0.3, 0.4) is 0 Å². The SMILES string of the molecule is CCC1(CCCN2CCN(c3cccc(Cl)c3)CC2)NNC(=O)N1CCOc1ccccc1. The average Bonchev–Trinajstić information content (AvgIpc) is 3.16. The van der Waals surface area contributed by atoms with Crippen molar-refractivity contribution >= 4 is 23.3 Å². The standard InChI is InChI=1S/C25H34ClN5O2/c1-2-25(28-27-24(32)31(25)18-19-33-23-10-4-3-5-11-23)12-7-13-29-14-16-30(17-15-29)22-9-6-8-21(26)20-22/h3-6,8-11,20,28H,2,7,12-19H2,1H3,(H,27,32). The lowest BCUT2D eigenvalue weighted by molar-refractivity contribution is 0.0951. The normalized spacial score (nSPS) is 21.3. The second kappa shape index (κ2) is 11.1. The van der Waals surface area contributed by atoms with Crippen molar-refractivity contribution in [2.45, 2.75) is 31.8 Å². The number of rotatable bonds is 10. The van der Waals surface area contributed by atoms with Gasteiger partial charge in [-0.2, -0.15) is 0 Å². The van der Waals surface area contributed by atoms with Gasteiger partial charge in [0.05, 0.1) is 6.54 Å². The highest BCUT2D eigenvalue weighted by Crippen LogP contribution is 2.27. The van der Waals surface area contributed by atoms with Crippen molar-refractivity contribution in [3.63, 3.8) is 0 Å². The van der Waals surface area contributed by atoms with Crippen LogP contribution in [0.5, 0.6) is 5.75 Å². The van der Waals surface area contributed by atoms with E-state index < -0.39 is 0 Å². The van der Waals surface area contributed by atoms with E-state index in [1.807, 2.05) is 53.4 Å². The van der Waals surface area contributed by atoms with Crippen LogP contribution >= 0.6 is 11.6 Å². The summed E-state index contributed by atoms with van der Waals surface area (Å²) in [4.78, 5) is 19.3. The third-order valence-electron chi connectivity index (χ3n) is 6.69. The number of hydrazine groups is 1. The summed E-state index contributed by atoms with van der Waals surface area (Å²) in [6.45, 7) is 8.22. The van der Waals surface area contributed by atoms with Crippen LogP contribution < -0.4 is 20.5 Å². The number of piperazine rings is 1. The lowest BCUT2D eigenvalue weighted by Crippen LogP contribution is -2.54.